The molecule has 0 aliphatic rings. The SMILES string of the molecule is CCCCOCCNC(=NC)NCc1ccc(F)cc1.I. The summed E-state index contributed by atoms with van der Waals surface area (Å²) in [6, 6.07) is 6.41. The number of unbranched alkanes of at least 4 members (excludes halogenated alkanes) is 1. The standard InChI is InChI=1S/C15H24FN3O.HI/c1-3-4-10-20-11-9-18-15(17-2)19-12-13-5-7-14(16)8-6-13;/h5-8H,3-4,9-12H2,1-2H3,(H2,17,18,19);1H. The van der Waals surface area contributed by atoms with Crippen LogP contribution in [-0.2, 0) is 11.3 Å². The molecule has 0 radical (unpaired) electrons. The van der Waals surface area contributed by atoms with E-state index in [4.69, 9.17) is 4.74 Å². The van der Waals surface area contributed by atoms with Crippen molar-refractivity contribution in [1.82, 2.24) is 10.6 Å². The van der Waals surface area contributed by atoms with E-state index in [0.29, 0.717) is 25.7 Å². The number of rotatable bonds is 8. The fourth-order valence-corrected chi connectivity index (χ4v) is 1.60. The molecule has 0 aromatic heterocycles. The molecule has 120 valence electrons. The molecule has 0 bridgehead atoms. The van der Waals surface area contributed by atoms with Gasteiger partial charge in [0.1, 0.15) is 5.82 Å². The van der Waals surface area contributed by atoms with Crippen LogP contribution in [0.25, 0.3) is 0 Å². The summed E-state index contributed by atoms with van der Waals surface area (Å²) in [4.78, 5) is 4.12. The van der Waals surface area contributed by atoms with E-state index in [1.807, 2.05) is 0 Å². The van der Waals surface area contributed by atoms with Crippen molar-refractivity contribution in [1.29, 1.82) is 0 Å². The number of halogens is 2. The first-order valence-electron chi connectivity index (χ1n) is 7.03. The Kier molecular flexibility index (Phi) is 12.3. The maximum absolute atomic E-state index is 12.8. The molecule has 6 heteroatoms. The Morgan fingerprint density at radius 1 is 1.19 bits per heavy atom. The average Bonchev–Trinajstić information content (AvgIpc) is 2.47. The van der Waals surface area contributed by atoms with Gasteiger partial charge < -0.3 is 15.4 Å². The minimum atomic E-state index is -0.222. The van der Waals surface area contributed by atoms with Crippen molar-refractivity contribution in [3.63, 3.8) is 0 Å². The minimum Gasteiger partial charge on any atom is -0.380 e. The molecule has 0 atom stereocenters. The zero-order valence-electron chi connectivity index (χ0n) is 12.7. The lowest BCUT2D eigenvalue weighted by Gasteiger charge is -2.12. The zero-order chi connectivity index (χ0) is 14.6. The Bertz CT molecular complexity index is 398. The summed E-state index contributed by atoms with van der Waals surface area (Å²) in [6.45, 7) is 4.93. The molecule has 0 aliphatic carbocycles. The number of nitrogens with one attached hydrogen (secondary N) is 2. The second-order valence-corrected chi connectivity index (χ2v) is 4.44. The zero-order valence-corrected chi connectivity index (χ0v) is 15.0. The Morgan fingerprint density at radius 2 is 1.90 bits per heavy atom. The van der Waals surface area contributed by atoms with Gasteiger partial charge in [-0.2, -0.15) is 0 Å². The summed E-state index contributed by atoms with van der Waals surface area (Å²) < 4.78 is 18.2. The number of ether oxygens (including phenoxy) is 1. The molecule has 0 heterocycles. The molecule has 1 aromatic carbocycles. The van der Waals surface area contributed by atoms with Gasteiger partial charge in [-0.1, -0.05) is 25.5 Å². The van der Waals surface area contributed by atoms with Crippen molar-refractivity contribution < 1.29 is 9.13 Å². The van der Waals surface area contributed by atoms with Crippen LogP contribution >= 0.6 is 24.0 Å². The van der Waals surface area contributed by atoms with Gasteiger partial charge in [-0.25, -0.2) is 4.39 Å². The molecule has 0 saturated carbocycles. The van der Waals surface area contributed by atoms with Gasteiger partial charge >= 0.3 is 0 Å². The van der Waals surface area contributed by atoms with E-state index in [9.17, 15) is 4.39 Å². The molecule has 0 aliphatic heterocycles. The first-order chi connectivity index (χ1) is 9.76. The molecule has 1 rings (SSSR count). The second kappa shape index (κ2) is 12.8. The second-order valence-electron chi connectivity index (χ2n) is 4.44. The number of hydrogen-bond donors (Lipinski definition) is 2. The van der Waals surface area contributed by atoms with Crippen LogP contribution in [0.15, 0.2) is 29.3 Å². The highest BCUT2D eigenvalue weighted by Gasteiger charge is 1.98. The normalized spacial score (nSPS) is 10.9. The highest BCUT2D eigenvalue weighted by Crippen LogP contribution is 2.01. The van der Waals surface area contributed by atoms with Crippen LogP contribution in [0.5, 0.6) is 0 Å². The molecular weight excluding hydrogens is 384 g/mol. The van der Waals surface area contributed by atoms with Gasteiger partial charge in [0.2, 0.25) is 0 Å². The molecule has 2 N–H and O–H groups in total. The lowest BCUT2D eigenvalue weighted by Crippen LogP contribution is -2.38. The van der Waals surface area contributed by atoms with Crippen molar-refractivity contribution in [2.24, 2.45) is 4.99 Å². The van der Waals surface area contributed by atoms with Gasteiger partial charge in [-0.3, -0.25) is 4.99 Å². The quantitative estimate of drug-likeness (QED) is 0.301. The summed E-state index contributed by atoms with van der Waals surface area (Å²) in [5.74, 6) is 0.494. The molecular formula is C15H25FIN3O. The number of guanidine groups is 1. The lowest BCUT2D eigenvalue weighted by molar-refractivity contribution is 0.136. The number of hydrogen-bond acceptors (Lipinski definition) is 2. The highest BCUT2D eigenvalue weighted by atomic mass is 127. The Hall–Kier alpha value is -0.890. The van der Waals surface area contributed by atoms with Gasteiger partial charge in [0.05, 0.1) is 6.61 Å². The smallest absolute Gasteiger partial charge is 0.191 e. The van der Waals surface area contributed by atoms with Gasteiger partial charge in [0, 0.05) is 26.7 Å². The van der Waals surface area contributed by atoms with Gasteiger partial charge in [-0.15, -0.1) is 24.0 Å². The summed E-state index contributed by atoms with van der Waals surface area (Å²) in [6.07, 6.45) is 2.24. The lowest BCUT2D eigenvalue weighted by atomic mass is 10.2. The van der Waals surface area contributed by atoms with Crippen molar-refractivity contribution in [2.75, 3.05) is 26.8 Å². The van der Waals surface area contributed by atoms with Crippen LogP contribution in [0.3, 0.4) is 0 Å². The number of nitrogens with zero attached hydrogens (tertiary/aromatic N) is 1. The predicted octanol–water partition coefficient (Wildman–Crippen LogP) is 2.93. The molecule has 21 heavy (non-hydrogen) atoms. The van der Waals surface area contributed by atoms with Gasteiger partial charge in [0.15, 0.2) is 5.96 Å². The third-order valence-corrected chi connectivity index (χ3v) is 2.78. The summed E-state index contributed by atoms with van der Waals surface area (Å²) in [5, 5.41) is 6.34. The fraction of sp³-hybridized carbons (Fsp3) is 0.533. The molecule has 0 unspecified atom stereocenters. The van der Waals surface area contributed by atoms with Crippen LogP contribution in [0, 0.1) is 5.82 Å². The summed E-state index contributed by atoms with van der Waals surface area (Å²) in [7, 11) is 1.72. The van der Waals surface area contributed by atoms with E-state index in [1.54, 1.807) is 19.2 Å². The van der Waals surface area contributed by atoms with E-state index in [1.165, 1.54) is 12.1 Å². The Labute approximate surface area is 143 Å². The topological polar surface area (TPSA) is 45.6 Å². The van der Waals surface area contributed by atoms with Crippen LogP contribution < -0.4 is 10.6 Å². The first kappa shape index (κ1) is 20.1. The largest absolute Gasteiger partial charge is 0.380 e. The maximum atomic E-state index is 12.8. The third-order valence-electron chi connectivity index (χ3n) is 2.78. The van der Waals surface area contributed by atoms with Crippen LogP contribution in [-0.4, -0.2) is 32.8 Å². The minimum absolute atomic E-state index is 0. The highest BCUT2D eigenvalue weighted by molar-refractivity contribution is 14.0. The predicted molar refractivity (Wildman–Crippen MR) is 95.7 cm³/mol. The average molecular weight is 409 g/mol. The van der Waals surface area contributed by atoms with E-state index < -0.39 is 0 Å². The van der Waals surface area contributed by atoms with E-state index in [-0.39, 0.29) is 29.8 Å². The summed E-state index contributed by atoms with van der Waals surface area (Å²) in [5.41, 5.74) is 1.01. The molecule has 0 spiro atoms. The maximum Gasteiger partial charge on any atom is 0.191 e. The Morgan fingerprint density at radius 3 is 2.52 bits per heavy atom. The van der Waals surface area contributed by atoms with Gasteiger partial charge in [0.25, 0.3) is 0 Å². The van der Waals surface area contributed by atoms with E-state index >= 15 is 0 Å². The molecule has 0 amide bonds. The fourth-order valence-electron chi connectivity index (χ4n) is 1.60. The third kappa shape index (κ3) is 9.62. The summed E-state index contributed by atoms with van der Waals surface area (Å²) >= 11 is 0. The van der Waals surface area contributed by atoms with E-state index in [0.717, 1.165) is 25.0 Å². The van der Waals surface area contributed by atoms with Crippen LogP contribution in [0.1, 0.15) is 25.3 Å². The molecule has 4 nitrogen and oxygen atoms in total. The van der Waals surface area contributed by atoms with Crippen molar-refractivity contribution in [3.05, 3.63) is 35.6 Å². The Balaban J connectivity index is 0.00000400. The van der Waals surface area contributed by atoms with Crippen LogP contribution in [0.4, 0.5) is 4.39 Å². The molecule has 1 aromatic rings. The van der Waals surface area contributed by atoms with Crippen molar-refractivity contribution in [2.45, 2.75) is 26.3 Å². The number of benzene rings is 1. The first-order valence-corrected chi connectivity index (χ1v) is 7.03. The molecule has 0 saturated heterocycles. The van der Waals surface area contributed by atoms with Crippen molar-refractivity contribution in [3.8, 4) is 0 Å². The van der Waals surface area contributed by atoms with Gasteiger partial charge in [-0.05, 0) is 24.1 Å². The number of aliphatic imine (C=N–C) groups is 1. The monoisotopic (exact) mass is 409 g/mol. The molecule has 0 fully saturated rings. The van der Waals surface area contributed by atoms with Crippen LogP contribution in [0.2, 0.25) is 0 Å². The van der Waals surface area contributed by atoms with E-state index in [2.05, 4.69) is 22.5 Å². The van der Waals surface area contributed by atoms with Crippen molar-refractivity contribution >= 4 is 29.9 Å².